The first-order chi connectivity index (χ1) is 3.31. The summed E-state index contributed by atoms with van der Waals surface area (Å²) in [6, 6.07) is -0.141. The fraction of sp³-hybridized carbons (Fsp3) is 0.333. The molecule has 1 nitrogen and oxygen atoms in total. The van der Waals surface area contributed by atoms with Gasteiger partial charge in [-0.15, -0.1) is 13.0 Å². The van der Waals surface area contributed by atoms with Crippen molar-refractivity contribution in [1.82, 2.24) is 0 Å². The molecule has 0 aliphatic rings. The smallest absolute Gasteiger partial charge is 0.0696 e. The Hall–Kier alpha value is -0.740. The fourth-order valence-corrected chi connectivity index (χ4v) is 0.248. The van der Waals surface area contributed by atoms with E-state index in [1.807, 2.05) is 0 Å². The third-order valence-corrected chi connectivity index (χ3v) is 0.635. The molecule has 0 aromatic rings. The van der Waals surface area contributed by atoms with Crippen molar-refractivity contribution in [3.63, 3.8) is 0 Å². The van der Waals surface area contributed by atoms with Crippen molar-refractivity contribution < 1.29 is 0 Å². The van der Waals surface area contributed by atoms with Crippen LogP contribution in [0.4, 0.5) is 0 Å². The van der Waals surface area contributed by atoms with Gasteiger partial charge < -0.3 is 5.73 Å². The molecule has 0 saturated carbocycles. The summed E-state index contributed by atoms with van der Waals surface area (Å²) < 4.78 is 0. The number of terminal acetylenes is 1. The summed E-state index contributed by atoms with van der Waals surface area (Å²) in [4.78, 5) is 0. The van der Waals surface area contributed by atoms with E-state index in [1.54, 1.807) is 6.08 Å². The number of nitrogens with two attached hydrogens (primary N) is 1. The van der Waals surface area contributed by atoms with Crippen LogP contribution in [0.25, 0.3) is 0 Å². The van der Waals surface area contributed by atoms with Gasteiger partial charge in [0.1, 0.15) is 0 Å². The van der Waals surface area contributed by atoms with Crippen molar-refractivity contribution in [2.75, 3.05) is 0 Å². The molecular formula is C6H9N. The average Bonchev–Trinajstić information content (AvgIpc) is 1.68. The van der Waals surface area contributed by atoms with Crippen LogP contribution in [-0.2, 0) is 0 Å². The predicted octanol–water partition coefficient (Wildman–Crippen LogP) is 0.523. The Balaban J connectivity index is 3.21. The molecule has 0 amide bonds. The van der Waals surface area contributed by atoms with Gasteiger partial charge >= 0.3 is 0 Å². The molecule has 1 unspecified atom stereocenters. The van der Waals surface area contributed by atoms with Gasteiger partial charge in [0, 0.05) is 0 Å². The van der Waals surface area contributed by atoms with Gasteiger partial charge in [0.25, 0.3) is 0 Å². The van der Waals surface area contributed by atoms with Crippen LogP contribution in [0.5, 0.6) is 0 Å². The van der Waals surface area contributed by atoms with Crippen molar-refractivity contribution in [2.45, 2.75) is 12.5 Å². The van der Waals surface area contributed by atoms with E-state index in [1.165, 1.54) is 0 Å². The van der Waals surface area contributed by atoms with Crippen LogP contribution in [0.15, 0.2) is 12.7 Å². The predicted molar refractivity (Wildman–Crippen MR) is 31.6 cm³/mol. The normalized spacial score (nSPS) is 12.0. The van der Waals surface area contributed by atoms with Crippen molar-refractivity contribution in [3.05, 3.63) is 12.7 Å². The molecule has 0 aromatic heterocycles. The Kier molecular flexibility index (Phi) is 3.09. The summed E-state index contributed by atoms with van der Waals surface area (Å²) in [7, 11) is 0. The summed E-state index contributed by atoms with van der Waals surface area (Å²) in [6.45, 7) is 3.47. The second-order valence-electron chi connectivity index (χ2n) is 1.30. The first-order valence-electron chi connectivity index (χ1n) is 2.14. The molecule has 0 heterocycles. The van der Waals surface area contributed by atoms with Gasteiger partial charge in [0.2, 0.25) is 0 Å². The highest BCUT2D eigenvalue weighted by Crippen LogP contribution is 1.82. The fourth-order valence-electron chi connectivity index (χ4n) is 0.248. The zero-order valence-electron chi connectivity index (χ0n) is 4.22. The van der Waals surface area contributed by atoms with Gasteiger partial charge in [-0.1, -0.05) is 12.0 Å². The summed E-state index contributed by atoms with van der Waals surface area (Å²) in [5, 5.41) is 0. The lowest BCUT2D eigenvalue weighted by molar-refractivity contribution is 0.864. The Bertz CT molecular complexity index is 88.8. The van der Waals surface area contributed by atoms with Crippen molar-refractivity contribution in [2.24, 2.45) is 5.73 Å². The lowest BCUT2D eigenvalue weighted by atomic mass is 10.2. The molecule has 0 aliphatic heterocycles. The van der Waals surface area contributed by atoms with E-state index in [9.17, 15) is 0 Å². The van der Waals surface area contributed by atoms with Crippen LogP contribution in [0.3, 0.4) is 0 Å². The minimum Gasteiger partial charge on any atom is -0.317 e. The Labute approximate surface area is 44.2 Å². The van der Waals surface area contributed by atoms with E-state index < -0.39 is 0 Å². The van der Waals surface area contributed by atoms with Gasteiger partial charge in [-0.25, -0.2) is 0 Å². The van der Waals surface area contributed by atoms with E-state index in [0.717, 1.165) is 0 Å². The molecule has 0 aromatic carbocycles. The van der Waals surface area contributed by atoms with Crippen LogP contribution < -0.4 is 5.73 Å². The Morgan fingerprint density at radius 1 is 2.00 bits per heavy atom. The molecule has 38 valence electrons. The molecular weight excluding hydrogens is 86.1 g/mol. The lowest BCUT2D eigenvalue weighted by Crippen LogP contribution is -2.15. The monoisotopic (exact) mass is 95.1 g/mol. The standard InChI is InChI=1S/C6H9N/c1-3-5-6(7)4-2/h2-3,6H,1,5,7H2. The lowest BCUT2D eigenvalue weighted by Gasteiger charge is -1.93. The van der Waals surface area contributed by atoms with Crippen molar-refractivity contribution in [3.8, 4) is 12.3 Å². The topological polar surface area (TPSA) is 26.0 Å². The first kappa shape index (κ1) is 6.26. The summed E-state index contributed by atoms with van der Waals surface area (Å²) in [6.07, 6.45) is 7.35. The van der Waals surface area contributed by atoms with E-state index in [0.29, 0.717) is 6.42 Å². The summed E-state index contributed by atoms with van der Waals surface area (Å²) in [5.41, 5.74) is 5.28. The van der Waals surface area contributed by atoms with Gasteiger partial charge in [0.05, 0.1) is 6.04 Å². The third-order valence-electron chi connectivity index (χ3n) is 0.635. The van der Waals surface area contributed by atoms with Crippen LogP contribution in [0, 0.1) is 12.3 Å². The maximum absolute atomic E-state index is 5.28. The molecule has 2 N–H and O–H groups in total. The average molecular weight is 95.1 g/mol. The highest BCUT2D eigenvalue weighted by atomic mass is 14.6. The van der Waals surface area contributed by atoms with E-state index >= 15 is 0 Å². The van der Waals surface area contributed by atoms with Gasteiger partial charge in [0.15, 0.2) is 0 Å². The largest absolute Gasteiger partial charge is 0.317 e. The maximum atomic E-state index is 5.28. The molecule has 1 heteroatoms. The molecule has 1 atom stereocenters. The zero-order valence-corrected chi connectivity index (χ0v) is 4.22. The summed E-state index contributed by atoms with van der Waals surface area (Å²) >= 11 is 0. The maximum Gasteiger partial charge on any atom is 0.0696 e. The molecule has 7 heavy (non-hydrogen) atoms. The van der Waals surface area contributed by atoms with E-state index in [2.05, 4.69) is 12.5 Å². The second kappa shape index (κ2) is 3.45. The van der Waals surface area contributed by atoms with Crippen LogP contribution in [0.2, 0.25) is 0 Å². The minimum atomic E-state index is -0.141. The molecule has 0 fully saturated rings. The van der Waals surface area contributed by atoms with Gasteiger partial charge in [-0.2, -0.15) is 0 Å². The van der Waals surface area contributed by atoms with Crippen LogP contribution in [-0.4, -0.2) is 6.04 Å². The second-order valence-corrected chi connectivity index (χ2v) is 1.30. The molecule has 0 aliphatic carbocycles. The molecule has 0 radical (unpaired) electrons. The number of rotatable bonds is 2. The number of hydrogen-bond donors (Lipinski definition) is 1. The van der Waals surface area contributed by atoms with Crippen molar-refractivity contribution >= 4 is 0 Å². The SMILES string of the molecule is C#CC(N)CC=C. The van der Waals surface area contributed by atoms with Crippen molar-refractivity contribution in [1.29, 1.82) is 0 Å². The Morgan fingerprint density at radius 3 is 2.71 bits per heavy atom. The zero-order chi connectivity index (χ0) is 5.70. The Morgan fingerprint density at radius 2 is 2.57 bits per heavy atom. The summed E-state index contributed by atoms with van der Waals surface area (Å²) in [5.74, 6) is 2.37. The highest BCUT2D eigenvalue weighted by molar-refractivity contribution is 4.99. The highest BCUT2D eigenvalue weighted by Gasteiger charge is 1.87. The molecule has 0 rings (SSSR count). The van der Waals surface area contributed by atoms with E-state index in [4.69, 9.17) is 12.2 Å². The first-order valence-corrected chi connectivity index (χ1v) is 2.14. The minimum absolute atomic E-state index is 0.141. The number of hydrogen-bond acceptors (Lipinski definition) is 1. The van der Waals surface area contributed by atoms with Gasteiger partial charge in [-0.3, -0.25) is 0 Å². The van der Waals surface area contributed by atoms with Crippen LogP contribution in [0.1, 0.15) is 6.42 Å². The quantitative estimate of drug-likeness (QED) is 0.393. The molecule has 0 spiro atoms. The molecule has 0 saturated heterocycles. The third kappa shape index (κ3) is 3.08. The van der Waals surface area contributed by atoms with Gasteiger partial charge in [-0.05, 0) is 6.42 Å². The van der Waals surface area contributed by atoms with E-state index in [-0.39, 0.29) is 6.04 Å². The van der Waals surface area contributed by atoms with Crippen LogP contribution >= 0.6 is 0 Å². The molecule has 0 bridgehead atoms.